The van der Waals surface area contributed by atoms with Crippen molar-refractivity contribution in [1.29, 1.82) is 0 Å². The SMILES string of the molecule is COC(=O)c1cc(-c2c(OC)cccc2OC)n(-c2ccc(C(=O)O)cc2C2CC2)n1. The summed E-state index contributed by atoms with van der Waals surface area (Å²) >= 11 is 0. The van der Waals surface area contributed by atoms with Gasteiger partial charge in [0.2, 0.25) is 0 Å². The van der Waals surface area contributed by atoms with Gasteiger partial charge in [0.15, 0.2) is 5.69 Å². The summed E-state index contributed by atoms with van der Waals surface area (Å²) in [5.74, 6) is -0.230. The van der Waals surface area contributed by atoms with Crippen LogP contribution >= 0.6 is 0 Å². The summed E-state index contributed by atoms with van der Waals surface area (Å²) in [6, 6.07) is 11.9. The highest BCUT2D eigenvalue weighted by Crippen LogP contribution is 2.45. The van der Waals surface area contributed by atoms with Crippen LogP contribution in [-0.4, -0.2) is 48.2 Å². The molecule has 0 atom stereocenters. The van der Waals surface area contributed by atoms with Crippen LogP contribution in [0.15, 0.2) is 42.5 Å². The minimum atomic E-state index is -0.990. The quantitative estimate of drug-likeness (QED) is 0.576. The van der Waals surface area contributed by atoms with Crippen LogP contribution in [0.1, 0.15) is 45.2 Å². The van der Waals surface area contributed by atoms with E-state index in [1.807, 2.05) is 0 Å². The minimum absolute atomic E-state index is 0.120. The number of hydrogen-bond donors (Lipinski definition) is 1. The van der Waals surface area contributed by atoms with Crippen molar-refractivity contribution in [1.82, 2.24) is 9.78 Å². The van der Waals surface area contributed by atoms with Crippen LogP contribution in [0.3, 0.4) is 0 Å². The number of benzene rings is 2. The van der Waals surface area contributed by atoms with Gasteiger partial charge in [0, 0.05) is 0 Å². The normalized spacial score (nSPS) is 13.0. The number of rotatable bonds is 7. The van der Waals surface area contributed by atoms with E-state index in [-0.39, 0.29) is 17.2 Å². The Hall–Kier alpha value is -3.81. The first-order chi connectivity index (χ1) is 15.0. The van der Waals surface area contributed by atoms with Crippen LogP contribution in [-0.2, 0) is 4.74 Å². The summed E-state index contributed by atoms with van der Waals surface area (Å²) < 4.78 is 17.6. The number of aromatic carboxylic acids is 1. The molecular formula is C23H22N2O6. The zero-order chi connectivity index (χ0) is 22.1. The molecule has 1 heterocycles. The summed E-state index contributed by atoms with van der Waals surface area (Å²) in [6.07, 6.45) is 1.93. The second kappa shape index (κ2) is 8.14. The van der Waals surface area contributed by atoms with Crippen molar-refractivity contribution in [3.63, 3.8) is 0 Å². The van der Waals surface area contributed by atoms with E-state index in [0.717, 1.165) is 18.4 Å². The molecule has 8 heteroatoms. The van der Waals surface area contributed by atoms with Crippen molar-refractivity contribution in [2.24, 2.45) is 0 Å². The number of carbonyl (C=O) groups is 2. The molecule has 2 aromatic carbocycles. The standard InChI is InChI=1S/C23H22N2O6/c1-29-19-5-4-6-20(30-2)21(19)18-12-16(23(28)31-3)24-25(18)17-10-9-14(22(26)27)11-15(17)13-7-8-13/h4-6,9-13H,7-8H2,1-3H3,(H,26,27). The molecule has 1 aromatic heterocycles. The van der Waals surface area contributed by atoms with Gasteiger partial charge in [-0.3, -0.25) is 0 Å². The maximum Gasteiger partial charge on any atom is 0.358 e. The first-order valence-corrected chi connectivity index (χ1v) is 9.75. The minimum Gasteiger partial charge on any atom is -0.496 e. The van der Waals surface area contributed by atoms with Gasteiger partial charge in [-0.1, -0.05) is 6.07 Å². The average molecular weight is 422 g/mol. The molecule has 0 unspecified atom stereocenters. The molecule has 1 saturated carbocycles. The first-order valence-electron chi connectivity index (χ1n) is 9.75. The van der Waals surface area contributed by atoms with Crippen LogP contribution in [0.25, 0.3) is 16.9 Å². The van der Waals surface area contributed by atoms with Crippen molar-refractivity contribution in [2.45, 2.75) is 18.8 Å². The Morgan fingerprint density at radius 2 is 1.71 bits per heavy atom. The summed E-state index contributed by atoms with van der Waals surface area (Å²) in [6.45, 7) is 0. The number of carboxylic acids is 1. The molecule has 0 bridgehead atoms. The lowest BCUT2D eigenvalue weighted by molar-refractivity contribution is 0.0592. The van der Waals surface area contributed by atoms with Gasteiger partial charge in [-0.15, -0.1) is 0 Å². The molecule has 160 valence electrons. The van der Waals surface area contributed by atoms with Crippen molar-refractivity contribution in [3.8, 4) is 28.4 Å². The molecule has 0 saturated heterocycles. The summed E-state index contributed by atoms with van der Waals surface area (Å²) in [7, 11) is 4.40. The van der Waals surface area contributed by atoms with Crippen LogP contribution in [0.4, 0.5) is 0 Å². The maximum atomic E-state index is 12.3. The fourth-order valence-electron chi connectivity index (χ4n) is 3.65. The van der Waals surface area contributed by atoms with Gasteiger partial charge < -0.3 is 19.3 Å². The third-order valence-electron chi connectivity index (χ3n) is 5.31. The molecule has 0 aliphatic heterocycles. The van der Waals surface area contributed by atoms with Crippen molar-refractivity contribution in [3.05, 3.63) is 59.3 Å². The van der Waals surface area contributed by atoms with Gasteiger partial charge in [0.1, 0.15) is 11.5 Å². The molecule has 1 aliphatic carbocycles. The van der Waals surface area contributed by atoms with E-state index in [1.54, 1.807) is 55.3 Å². The summed E-state index contributed by atoms with van der Waals surface area (Å²) in [4.78, 5) is 23.8. The highest BCUT2D eigenvalue weighted by Gasteiger charge is 2.30. The maximum absolute atomic E-state index is 12.3. The Morgan fingerprint density at radius 3 is 2.26 bits per heavy atom. The van der Waals surface area contributed by atoms with Gasteiger partial charge in [-0.05, 0) is 60.7 Å². The number of nitrogens with zero attached hydrogens (tertiary/aromatic N) is 2. The Balaban J connectivity index is 2.00. The van der Waals surface area contributed by atoms with E-state index >= 15 is 0 Å². The smallest absolute Gasteiger partial charge is 0.358 e. The molecule has 1 aliphatic rings. The fraction of sp³-hybridized carbons (Fsp3) is 0.261. The first kappa shape index (κ1) is 20.5. The number of hydrogen-bond acceptors (Lipinski definition) is 6. The second-order valence-corrected chi connectivity index (χ2v) is 7.21. The van der Waals surface area contributed by atoms with Crippen LogP contribution in [0.2, 0.25) is 0 Å². The Morgan fingerprint density at radius 1 is 1.03 bits per heavy atom. The van der Waals surface area contributed by atoms with Crippen molar-refractivity contribution >= 4 is 11.9 Å². The lowest BCUT2D eigenvalue weighted by atomic mass is 10.0. The van der Waals surface area contributed by atoms with Crippen LogP contribution < -0.4 is 9.47 Å². The molecule has 0 spiro atoms. The van der Waals surface area contributed by atoms with Crippen LogP contribution in [0, 0.1) is 0 Å². The van der Waals surface area contributed by atoms with E-state index in [4.69, 9.17) is 14.2 Å². The molecule has 1 fully saturated rings. The topological polar surface area (TPSA) is 99.9 Å². The predicted molar refractivity (Wildman–Crippen MR) is 112 cm³/mol. The van der Waals surface area contributed by atoms with Gasteiger partial charge in [0.05, 0.1) is 43.8 Å². The van der Waals surface area contributed by atoms with Crippen LogP contribution in [0.5, 0.6) is 11.5 Å². The lowest BCUT2D eigenvalue weighted by Crippen LogP contribution is -2.08. The molecule has 0 radical (unpaired) electrons. The monoisotopic (exact) mass is 422 g/mol. The summed E-state index contributed by atoms with van der Waals surface area (Å²) in [5, 5.41) is 13.9. The third-order valence-corrected chi connectivity index (χ3v) is 5.31. The van der Waals surface area contributed by atoms with E-state index in [2.05, 4.69) is 5.10 Å². The number of carbonyl (C=O) groups excluding carboxylic acids is 1. The second-order valence-electron chi connectivity index (χ2n) is 7.21. The van der Waals surface area contributed by atoms with Gasteiger partial charge in [-0.25, -0.2) is 14.3 Å². The number of ether oxygens (including phenoxy) is 3. The number of aromatic nitrogens is 2. The molecule has 3 aromatic rings. The lowest BCUT2D eigenvalue weighted by Gasteiger charge is -2.17. The summed E-state index contributed by atoms with van der Waals surface area (Å²) in [5.41, 5.74) is 3.09. The zero-order valence-electron chi connectivity index (χ0n) is 17.4. The fourth-order valence-corrected chi connectivity index (χ4v) is 3.65. The highest BCUT2D eigenvalue weighted by molar-refractivity contribution is 5.91. The van der Waals surface area contributed by atoms with E-state index in [9.17, 15) is 14.7 Å². The average Bonchev–Trinajstić information content (AvgIpc) is 3.55. The predicted octanol–water partition coefficient (Wildman–Crippen LogP) is 3.92. The third kappa shape index (κ3) is 3.72. The molecule has 4 rings (SSSR count). The van der Waals surface area contributed by atoms with Crippen molar-refractivity contribution in [2.75, 3.05) is 21.3 Å². The Bertz CT molecular complexity index is 1140. The Labute approximate surface area is 179 Å². The van der Waals surface area contributed by atoms with Gasteiger partial charge >= 0.3 is 11.9 Å². The van der Waals surface area contributed by atoms with Gasteiger partial charge in [0.25, 0.3) is 0 Å². The van der Waals surface area contributed by atoms with Crippen molar-refractivity contribution < 1.29 is 28.9 Å². The van der Waals surface area contributed by atoms with E-state index < -0.39 is 11.9 Å². The Kier molecular flexibility index (Phi) is 5.37. The highest BCUT2D eigenvalue weighted by atomic mass is 16.5. The molecular weight excluding hydrogens is 400 g/mol. The van der Waals surface area contributed by atoms with E-state index in [0.29, 0.717) is 28.4 Å². The number of esters is 1. The molecule has 1 N–H and O–H groups in total. The zero-order valence-corrected chi connectivity index (χ0v) is 17.4. The largest absolute Gasteiger partial charge is 0.496 e. The molecule has 0 amide bonds. The molecule has 31 heavy (non-hydrogen) atoms. The number of methoxy groups -OCH3 is 3. The number of carboxylic acid groups (broad SMARTS) is 1. The molecule has 8 nitrogen and oxygen atoms in total. The van der Waals surface area contributed by atoms with Gasteiger partial charge in [-0.2, -0.15) is 5.10 Å². The van der Waals surface area contributed by atoms with E-state index in [1.165, 1.54) is 13.2 Å².